The van der Waals surface area contributed by atoms with E-state index in [1.165, 1.54) is 32.0 Å². The molecule has 0 radical (unpaired) electrons. The molecule has 0 aromatic heterocycles. The number of fused-ring (bicyclic) bond motifs is 5. The summed E-state index contributed by atoms with van der Waals surface area (Å²) >= 11 is 0. The lowest BCUT2D eigenvalue weighted by molar-refractivity contribution is 0.806. The van der Waals surface area contributed by atoms with Gasteiger partial charge in [0, 0.05) is 52.3 Å². The molecule has 0 saturated heterocycles. The van der Waals surface area contributed by atoms with Crippen molar-refractivity contribution >= 4 is 101 Å². The van der Waals surface area contributed by atoms with Crippen LogP contribution in [0.1, 0.15) is 11.1 Å². The van der Waals surface area contributed by atoms with Gasteiger partial charge in [-0.15, -0.1) is 0 Å². The molecule has 4 aromatic rings. The van der Waals surface area contributed by atoms with E-state index in [9.17, 15) is 0 Å². The smallest absolute Gasteiger partial charge is 0.0360 e. The average Bonchev–Trinajstić information content (AvgIpc) is 3.57. The maximum absolute atomic E-state index is 2.50. The van der Waals surface area contributed by atoms with Gasteiger partial charge in [-0.2, -0.15) is 0 Å². The fourth-order valence-electron chi connectivity index (χ4n) is 6.25. The highest BCUT2D eigenvalue weighted by atomic mass is 33.5. The van der Waals surface area contributed by atoms with Crippen LogP contribution in [0.4, 0.5) is 0 Å². The maximum Gasteiger partial charge on any atom is 0.0360 e. The highest BCUT2D eigenvalue weighted by molar-refractivity contribution is 9.18. The summed E-state index contributed by atoms with van der Waals surface area (Å²) in [7, 11) is 9.19. The Hall–Kier alpha value is -1.02. The Labute approximate surface area is 203 Å². The number of hydrogen-bond donors (Lipinski definition) is 0. The Balaban J connectivity index is 1.42. The number of hydrogen-bond acceptors (Lipinski definition) is 4. The summed E-state index contributed by atoms with van der Waals surface area (Å²) in [5.74, 6) is 1.20. The first kappa shape index (κ1) is 17.4. The van der Waals surface area contributed by atoms with E-state index in [4.69, 9.17) is 0 Å². The predicted molar refractivity (Wildman–Crippen MR) is 151 cm³/mol. The summed E-state index contributed by atoms with van der Waals surface area (Å²) in [5, 5.41) is 8.83. The maximum atomic E-state index is 2.50. The minimum atomic E-state index is 0.218. The van der Waals surface area contributed by atoms with Gasteiger partial charge in [-0.05, 0) is 44.1 Å². The Bertz CT molecular complexity index is 1760. The summed E-state index contributed by atoms with van der Waals surface area (Å²) in [6.45, 7) is 0. The van der Waals surface area contributed by atoms with Crippen molar-refractivity contribution in [3.05, 3.63) is 82.2 Å². The van der Waals surface area contributed by atoms with Gasteiger partial charge in [0.05, 0.1) is 0 Å². The van der Waals surface area contributed by atoms with Gasteiger partial charge in [-0.25, -0.2) is 0 Å². The van der Waals surface area contributed by atoms with E-state index in [1.807, 2.05) is 0 Å². The molecule has 4 heterocycles. The molecule has 0 saturated carbocycles. The zero-order valence-corrected chi connectivity index (χ0v) is 21.3. The third kappa shape index (κ3) is 1.78. The van der Waals surface area contributed by atoms with Crippen LogP contribution in [0.15, 0.2) is 70.5 Å². The molecule has 10 rings (SSSR count). The van der Waals surface area contributed by atoms with Crippen LogP contribution in [0.3, 0.4) is 0 Å². The molecule has 0 bridgehead atoms. The first-order valence-electron chi connectivity index (χ1n) is 10.7. The highest BCUT2D eigenvalue weighted by Crippen LogP contribution is 2.78. The molecular weight excluding hydrogens is 505 g/mol. The van der Waals surface area contributed by atoms with E-state index in [1.54, 1.807) is 40.5 Å². The van der Waals surface area contributed by atoms with Gasteiger partial charge in [-0.1, -0.05) is 109 Å². The van der Waals surface area contributed by atoms with Crippen molar-refractivity contribution in [1.82, 2.24) is 0 Å². The molecule has 0 spiro atoms. The van der Waals surface area contributed by atoms with E-state index in [2.05, 4.69) is 104 Å². The zero-order chi connectivity index (χ0) is 20.3. The van der Waals surface area contributed by atoms with Crippen LogP contribution in [0, 0.1) is 11.8 Å². The van der Waals surface area contributed by atoms with Gasteiger partial charge in [0.25, 0.3) is 0 Å². The van der Waals surface area contributed by atoms with Crippen molar-refractivity contribution in [3.63, 3.8) is 0 Å². The Morgan fingerprint density at radius 3 is 1.53 bits per heavy atom. The zero-order valence-electron chi connectivity index (χ0n) is 16.4. The fraction of sp³-hybridized carbons (Fsp3) is 0.0769. The topological polar surface area (TPSA) is 0 Å². The first-order chi connectivity index (χ1) is 15.9. The molecule has 6 heteroatoms. The van der Waals surface area contributed by atoms with E-state index in [0.717, 1.165) is 0 Å². The van der Waals surface area contributed by atoms with E-state index in [-0.39, 0.29) is 17.1 Å². The third-order valence-corrected chi connectivity index (χ3v) is 20.7. The lowest BCUT2D eigenvalue weighted by atomic mass is 9.71. The summed E-state index contributed by atoms with van der Waals surface area (Å²) in [4.78, 5) is 10.1. The summed E-state index contributed by atoms with van der Waals surface area (Å²) in [6.07, 6.45) is 0. The molecule has 0 amide bonds. The standard InChI is InChI=1S/C26H12S6/c1-2-6-12-10-16-15(9-11(12)5-1)23-19-20-24(16)30-32-26(20)18-17-21(27-31(29-23)25(17)19)13-7-3-4-8-14(13)22(18)28-32/h1-10,19-20H. The lowest BCUT2D eigenvalue weighted by Gasteiger charge is -2.35. The van der Waals surface area contributed by atoms with Crippen LogP contribution in [-0.4, -0.2) is 9.73 Å². The SMILES string of the molecule is c1ccc2cc3c(cc2c1)=C1SS2=C4c5c6c(c7ccccc7c5S2)SS2=C6C(C=3S2)C14. The van der Waals surface area contributed by atoms with Crippen LogP contribution >= 0.6 is 60.3 Å². The van der Waals surface area contributed by atoms with Crippen molar-refractivity contribution in [3.8, 4) is 0 Å². The Kier molecular flexibility index (Phi) is 3.06. The second-order valence-electron chi connectivity index (χ2n) is 8.91. The molecule has 32 heavy (non-hydrogen) atoms. The van der Waals surface area contributed by atoms with Gasteiger partial charge in [0.1, 0.15) is 0 Å². The van der Waals surface area contributed by atoms with E-state index >= 15 is 0 Å². The molecule has 2 aliphatic carbocycles. The van der Waals surface area contributed by atoms with Crippen LogP contribution in [0.5, 0.6) is 0 Å². The van der Waals surface area contributed by atoms with Crippen molar-refractivity contribution in [2.45, 2.75) is 9.79 Å². The molecule has 4 atom stereocenters. The monoisotopic (exact) mass is 516 g/mol. The predicted octanol–water partition coefficient (Wildman–Crippen LogP) is 7.11. The Morgan fingerprint density at radius 1 is 0.562 bits per heavy atom. The third-order valence-electron chi connectivity index (χ3n) is 7.50. The van der Waals surface area contributed by atoms with Gasteiger partial charge < -0.3 is 0 Å². The van der Waals surface area contributed by atoms with Crippen molar-refractivity contribution in [1.29, 1.82) is 0 Å². The number of rotatable bonds is 0. The second kappa shape index (κ2) is 5.61. The lowest BCUT2D eigenvalue weighted by Crippen LogP contribution is -2.44. The molecule has 152 valence electrons. The first-order valence-corrected chi connectivity index (χ1v) is 18.5. The molecule has 0 N–H and O–H groups in total. The van der Waals surface area contributed by atoms with Crippen LogP contribution < -0.4 is 10.4 Å². The van der Waals surface area contributed by atoms with Gasteiger partial charge in [0.15, 0.2) is 0 Å². The van der Waals surface area contributed by atoms with Crippen molar-refractivity contribution in [2.75, 3.05) is 0 Å². The molecule has 0 fully saturated rings. The fourth-order valence-corrected chi connectivity index (χ4v) is 22.4. The van der Waals surface area contributed by atoms with Crippen molar-refractivity contribution < 1.29 is 0 Å². The molecular formula is C26H12S6. The summed E-state index contributed by atoms with van der Waals surface area (Å²) < 4.78 is 0. The van der Waals surface area contributed by atoms with Crippen LogP contribution in [0.25, 0.3) is 31.4 Å². The minimum absolute atomic E-state index is 0.218. The molecule has 0 nitrogen and oxygen atoms in total. The average molecular weight is 517 g/mol. The van der Waals surface area contributed by atoms with Gasteiger partial charge >= 0.3 is 0 Å². The second-order valence-corrected chi connectivity index (χ2v) is 20.4. The quantitative estimate of drug-likeness (QED) is 0.180. The van der Waals surface area contributed by atoms with Gasteiger partial charge in [-0.3, -0.25) is 0 Å². The van der Waals surface area contributed by atoms with E-state index < -0.39 is 0 Å². The molecule has 4 aromatic carbocycles. The van der Waals surface area contributed by atoms with E-state index in [0.29, 0.717) is 11.8 Å². The molecule has 6 aliphatic rings. The normalized spacial score (nSPS) is 29.1. The Morgan fingerprint density at radius 2 is 1.03 bits per heavy atom. The van der Waals surface area contributed by atoms with Gasteiger partial charge in [0.2, 0.25) is 0 Å². The highest BCUT2D eigenvalue weighted by Gasteiger charge is 2.56. The number of benzene rings is 4. The minimum Gasteiger partial charge on any atom is -0.0616 e. The van der Waals surface area contributed by atoms with Crippen LogP contribution in [-0.2, 0) is 0 Å². The molecule has 4 aliphatic heterocycles. The van der Waals surface area contributed by atoms with Crippen molar-refractivity contribution in [2.24, 2.45) is 11.8 Å². The largest absolute Gasteiger partial charge is 0.0616 e. The summed E-state index contributed by atoms with van der Waals surface area (Å²) in [5.41, 5.74) is 3.33. The molecule has 4 unspecified atom stereocenters. The summed E-state index contributed by atoms with van der Waals surface area (Å²) in [6, 6.07) is 23.1. The van der Waals surface area contributed by atoms with Crippen LogP contribution in [0.2, 0.25) is 0 Å².